The number of hydrogen-bond acceptors (Lipinski definition) is 7. The molecule has 0 amide bonds. The van der Waals surface area contributed by atoms with Crippen LogP contribution >= 0.6 is 22.6 Å². The van der Waals surface area contributed by atoms with Gasteiger partial charge in [0.15, 0.2) is 0 Å². The molecule has 4 heterocycles. The minimum absolute atomic E-state index is 0.0742. The van der Waals surface area contributed by atoms with E-state index in [-0.39, 0.29) is 26.8 Å². The Morgan fingerprint density at radius 1 is 1.00 bits per heavy atom. The largest absolute Gasteiger partial charge is 0.439 e. The van der Waals surface area contributed by atoms with E-state index in [2.05, 4.69) is 19.9 Å². The van der Waals surface area contributed by atoms with E-state index in [1.807, 2.05) is 17.0 Å². The van der Waals surface area contributed by atoms with Crippen molar-refractivity contribution in [2.45, 2.75) is 6.18 Å². The summed E-state index contributed by atoms with van der Waals surface area (Å²) in [5.74, 6) is 0.876. The van der Waals surface area contributed by atoms with E-state index in [1.54, 1.807) is 47.0 Å². The number of alkyl halides is 3. The fourth-order valence-corrected chi connectivity index (χ4v) is 4.06. The molecule has 1 aliphatic heterocycles. The Bertz CT molecular complexity index is 1350. The van der Waals surface area contributed by atoms with Crippen LogP contribution in [0.4, 0.5) is 19.1 Å². The van der Waals surface area contributed by atoms with E-state index >= 15 is 0 Å². The zero-order valence-electron chi connectivity index (χ0n) is 17.6. The molecule has 1 fully saturated rings. The summed E-state index contributed by atoms with van der Waals surface area (Å²) in [5.41, 5.74) is -0.0872. The highest BCUT2D eigenvalue weighted by molar-refractivity contribution is 14.1. The summed E-state index contributed by atoms with van der Waals surface area (Å²) in [4.78, 5) is 19.1. The molecule has 34 heavy (non-hydrogen) atoms. The molecule has 0 saturated carbocycles. The Morgan fingerprint density at radius 2 is 1.82 bits per heavy atom. The number of pyridine rings is 2. The van der Waals surface area contributed by atoms with Gasteiger partial charge in [-0.05, 0) is 52.9 Å². The number of hydrogen-bond donors (Lipinski definition) is 0. The molecular weight excluding hydrogens is 562 g/mol. The van der Waals surface area contributed by atoms with Gasteiger partial charge in [0.05, 0.1) is 30.0 Å². The first-order valence-electron chi connectivity index (χ1n) is 10.3. The molecule has 1 aromatic carbocycles. The molecule has 0 N–H and O–H groups in total. The summed E-state index contributed by atoms with van der Waals surface area (Å²) in [7, 11) is 0. The molecular formula is C23H17F3IN5O2. The quantitative estimate of drug-likeness (QED) is 0.239. The minimum Gasteiger partial charge on any atom is -0.439 e. The van der Waals surface area contributed by atoms with Crippen molar-refractivity contribution in [3.8, 4) is 22.9 Å². The fraction of sp³-hybridized carbons (Fsp3) is 0.217. The topological polar surface area (TPSA) is 73.3 Å². The van der Waals surface area contributed by atoms with Gasteiger partial charge in [0.25, 0.3) is 0 Å². The van der Waals surface area contributed by atoms with Gasteiger partial charge in [-0.2, -0.15) is 18.2 Å². The Labute approximate surface area is 206 Å². The molecule has 3 aromatic heterocycles. The lowest BCUT2D eigenvalue weighted by Gasteiger charge is -2.27. The van der Waals surface area contributed by atoms with Gasteiger partial charge >= 0.3 is 6.18 Å². The van der Waals surface area contributed by atoms with Crippen LogP contribution in [0.25, 0.3) is 22.2 Å². The van der Waals surface area contributed by atoms with Crippen LogP contribution in [-0.2, 0) is 10.9 Å². The smallest absolute Gasteiger partial charge is 0.417 e. The van der Waals surface area contributed by atoms with Gasteiger partial charge in [-0.1, -0.05) is 6.07 Å². The molecule has 0 spiro atoms. The third-order valence-corrected chi connectivity index (χ3v) is 5.82. The van der Waals surface area contributed by atoms with Crippen LogP contribution < -0.4 is 9.64 Å². The van der Waals surface area contributed by atoms with Gasteiger partial charge in [0.2, 0.25) is 11.8 Å². The summed E-state index contributed by atoms with van der Waals surface area (Å²) >= 11 is 1.76. The molecule has 0 radical (unpaired) electrons. The Balaban J connectivity index is 1.60. The van der Waals surface area contributed by atoms with Crippen molar-refractivity contribution in [1.82, 2.24) is 19.9 Å². The number of halogens is 4. The van der Waals surface area contributed by atoms with E-state index < -0.39 is 11.7 Å². The molecule has 1 saturated heterocycles. The molecule has 0 unspecified atom stereocenters. The number of benzene rings is 1. The fourth-order valence-electron chi connectivity index (χ4n) is 3.61. The van der Waals surface area contributed by atoms with Gasteiger partial charge < -0.3 is 14.4 Å². The van der Waals surface area contributed by atoms with Crippen molar-refractivity contribution in [3.05, 3.63) is 64.1 Å². The van der Waals surface area contributed by atoms with Gasteiger partial charge in [-0.3, -0.25) is 4.98 Å². The summed E-state index contributed by atoms with van der Waals surface area (Å²) in [6, 6.07) is 11.5. The highest BCUT2D eigenvalue weighted by Crippen LogP contribution is 2.38. The molecule has 0 bridgehead atoms. The van der Waals surface area contributed by atoms with E-state index in [4.69, 9.17) is 9.47 Å². The predicted octanol–water partition coefficient (Wildman–Crippen LogP) is 5.34. The standard InChI is InChI=1S/C23H17F3IN5O2/c24-23(25,26)17-11-20(27)29-13-16(17)19-12-21(31-22(30-19)32-6-8-33-9-7-32)34-15-3-4-18-14(10-15)2-1-5-28-18/h1-5,10-13H,6-9H2. The highest BCUT2D eigenvalue weighted by atomic mass is 127. The van der Waals surface area contributed by atoms with Crippen LogP contribution in [-0.4, -0.2) is 46.2 Å². The summed E-state index contributed by atoms with van der Waals surface area (Å²) in [6.07, 6.45) is -1.70. The summed E-state index contributed by atoms with van der Waals surface area (Å²) in [6.45, 7) is 1.98. The van der Waals surface area contributed by atoms with Crippen LogP contribution in [0.1, 0.15) is 5.56 Å². The minimum atomic E-state index is -4.57. The highest BCUT2D eigenvalue weighted by Gasteiger charge is 2.35. The molecule has 1 aliphatic rings. The predicted molar refractivity (Wildman–Crippen MR) is 128 cm³/mol. The molecule has 0 aliphatic carbocycles. The normalized spacial score (nSPS) is 14.4. The average Bonchev–Trinajstić information content (AvgIpc) is 2.84. The number of morpholine rings is 1. The first-order chi connectivity index (χ1) is 16.4. The monoisotopic (exact) mass is 579 g/mol. The van der Waals surface area contributed by atoms with Gasteiger partial charge in [0, 0.05) is 42.5 Å². The first-order valence-corrected chi connectivity index (χ1v) is 11.4. The second kappa shape index (κ2) is 9.29. The lowest BCUT2D eigenvalue weighted by molar-refractivity contribution is -0.137. The van der Waals surface area contributed by atoms with E-state index in [0.29, 0.717) is 32.1 Å². The zero-order chi connectivity index (χ0) is 23.7. The third kappa shape index (κ3) is 4.89. The van der Waals surface area contributed by atoms with Crippen LogP contribution in [0.3, 0.4) is 0 Å². The lowest BCUT2D eigenvalue weighted by atomic mass is 10.1. The SMILES string of the molecule is FC(F)(F)c1cc(I)ncc1-c1cc(Oc2ccc3ncccc3c2)nc(N2CCOCC2)n1. The van der Waals surface area contributed by atoms with Crippen molar-refractivity contribution >= 4 is 39.4 Å². The van der Waals surface area contributed by atoms with Crippen molar-refractivity contribution < 1.29 is 22.6 Å². The van der Waals surface area contributed by atoms with E-state index in [1.165, 1.54) is 12.3 Å². The van der Waals surface area contributed by atoms with Crippen LogP contribution in [0, 0.1) is 3.70 Å². The molecule has 0 atom stereocenters. The van der Waals surface area contributed by atoms with Gasteiger partial charge in [-0.15, -0.1) is 0 Å². The van der Waals surface area contributed by atoms with Crippen LogP contribution in [0.5, 0.6) is 11.6 Å². The number of rotatable bonds is 4. The lowest BCUT2D eigenvalue weighted by Crippen LogP contribution is -2.37. The van der Waals surface area contributed by atoms with Crippen LogP contribution in [0.2, 0.25) is 0 Å². The van der Waals surface area contributed by atoms with E-state index in [9.17, 15) is 13.2 Å². The van der Waals surface area contributed by atoms with Crippen molar-refractivity contribution in [2.24, 2.45) is 0 Å². The number of fused-ring (bicyclic) bond motifs is 1. The van der Waals surface area contributed by atoms with Gasteiger partial charge in [-0.25, -0.2) is 9.97 Å². The molecule has 11 heteroatoms. The van der Waals surface area contributed by atoms with Crippen molar-refractivity contribution in [3.63, 3.8) is 0 Å². The van der Waals surface area contributed by atoms with Crippen molar-refractivity contribution in [1.29, 1.82) is 0 Å². The maximum atomic E-state index is 13.8. The number of nitrogens with zero attached hydrogens (tertiary/aromatic N) is 5. The number of ether oxygens (including phenoxy) is 2. The maximum Gasteiger partial charge on any atom is 0.417 e. The Hall–Kier alpha value is -3.06. The number of aromatic nitrogens is 4. The summed E-state index contributed by atoms with van der Waals surface area (Å²) in [5, 5.41) is 0.865. The average molecular weight is 579 g/mol. The van der Waals surface area contributed by atoms with Crippen molar-refractivity contribution in [2.75, 3.05) is 31.2 Å². The third-order valence-electron chi connectivity index (χ3n) is 5.23. The number of anilines is 1. The second-order valence-corrected chi connectivity index (χ2v) is 8.61. The van der Waals surface area contributed by atoms with Gasteiger partial charge in [0.1, 0.15) is 9.45 Å². The molecule has 7 nitrogen and oxygen atoms in total. The Kier molecular flexibility index (Phi) is 6.21. The van der Waals surface area contributed by atoms with E-state index in [0.717, 1.165) is 17.0 Å². The zero-order valence-corrected chi connectivity index (χ0v) is 19.7. The molecule has 5 rings (SSSR count). The Morgan fingerprint density at radius 3 is 2.62 bits per heavy atom. The molecule has 174 valence electrons. The first kappa shape index (κ1) is 22.7. The second-order valence-electron chi connectivity index (χ2n) is 7.50. The molecule has 4 aromatic rings. The maximum absolute atomic E-state index is 13.8. The summed E-state index contributed by atoms with van der Waals surface area (Å²) < 4.78 is 53.1. The van der Waals surface area contributed by atoms with Crippen LogP contribution in [0.15, 0.2) is 54.9 Å².